The Morgan fingerprint density at radius 2 is 1.52 bits per heavy atom. The highest BCUT2D eigenvalue weighted by molar-refractivity contribution is 5.29. The van der Waals surface area contributed by atoms with Gasteiger partial charge in [0.1, 0.15) is 0 Å². The molecule has 0 unspecified atom stereocenters. The van der Waals surface area contributed by atoms with Crippen molar-refractivity contribution in [3.63, 3.8) is 0 Å². The van der Waals surface area contributed by atoms with Gasteiger partial charge in [0, 0.05) is 0 Å². The van der Waals surface area contributed by atoms with Crippen LogP contribution < -0.4 is 0 Å². The van der Waals surface area contributed by atoms with Crippen molar-refractivity contribution >= 4 is 0 Å². The van der Waals surface area contributed by atoms with E-state index in [0.29, 0.717) is 0 Å². The molecule has 0 aliphatic heterocycles. The minimum atomic E-state index is 0.994. The normalized spacial score (nSPS) is 22.4. The van der Waals surface area contributed by atoms with Crippen LogP contribution in [0.15, 0.2) is 18.2 Å². The van der Waals surface area contributed by atoms with Gasteiger partial charge in [0.25, 0.3) is 0 Å². The first kappa shape index (κ1) is 16.6. The Balaban J connectivity index is 1.67. The number of rotatable bonds is 7. The van der Waals surface area contributed by atoms with Crippen LogP contribution in [0.2, 0.25) is 0 Å². The van der Waals surface area contributed by atoms with Gasteiger partial charge >= 0.3 is 0 Å². The highest BCUT2D eigenvalue weighted by atomic mass is 14.3. The molecule has 0 spiro atoms. The fourth-order valence-corrected chi connectivity index (χ4v) is 3.82. The summed E-state index contributed by atoms with van der Waals surface area (Å²) in [5, 5.41) is 0. The average molecular weight is 287 g/mol. The van der Waals surface area contributed by atoms with E-state index in [1.807, 2.05) is 0 Å². The molecule has 0 bridgehead atoms. The molecule has 21 heavy (non-hydrogen) atoms. The monoisotopic (exact) mass is 286 g/mol. The SMILES string of the molecule is CCCCCC1CCC(CCc2ccc(C)c(C)c2)CC1. The van der Waals surface area contributed by atoms with Crippen LogP contribution in [-0.2, 0) is 6.42 Å². The van der Waals surface area contributed by atoms with E-state index in [9.17, 15) is 0 Å². The Bertz CT molecular complexity index is 410. The second kappa shape index (κ2) is 8.61. The second-order valence-electron chi connectivity index (χ2n) is 7.34. The summed E-state index contributed by atoms with van der Waals surface area (Å²) in [5.74, 6) is 2.04. The third-order valence-electron chi connectivity index (χ3n) is 5.59. The fraction of sp³-hybridized carbons (Fsp3) is 0.714. The third kappa shape index (κ3) is 5.49. The van der Waals surface area contributed by atoms with E-state index >= 15 is 0 Å². The number of unbranched alkanes of at least 4 members (excludes halogenated alkanes) is 2. The quantitative estimate of drug-likeness (QED) is 0.494. The van der Waals surface area contributed by atoms with Crippen molar-refractivity contribution in [1.82, 2.24) is 0 Å². The standard InChI is InChI=1S/C21H34/c1-4-5-6-7-19-10-12-20(13-11-19)14-15-21-9-8-17(2)18(3)16-21/h8-9,16,19-20H,4-7,10-15H2,1-3H3. The van der Waals surface area contributed by atoms with Gasteiger partial charge in [-0.05, 0) is 55.2 Å². The molecule has 0 heteroatoms. The van der Waals surface area contributed by atoms with Crippen LogP contribution in [0, 0.1) is 25.7 Å². The second-order valence-corrected chi connectivity index (χ2v) is 7.34. The number of hydrogen-bond donors (Lipinski definition) is 0. The first-order valence-corrected chi connectivity index (χ1v) is 9.25. The highest BCUT2D eigenvalue weighted by Gasteiger charge is 2.20. The Kier molecular flexibility index (Phi) is 6.80. The van der Waals surface area contributed by atoms with Crippen LogP contribution in [0.3, 0.4) is 0 Å². The summed E-state index contributed by atoms with van der Waals surface area (Å²) in [6.07, 6.45) is 14.4. The van der Waals surface area contributed by atoms with E-state index in [1.165, 1.54) is 75.3 Å². The van der Waals surface area contributed by atoms with E-state index in [1.54, 1.807) is 5.56 Å². The molecule has 0 amide bonds. The van der Waals surface area contributed by atoms with E-state index in [-0.39, 0.29) is 0 Å². The van der Waals surface area contributed by atoms with Gasteiger partial charge in [-0.1, -0.05) is 76.5 Å². The minimum absolute atomic E-state index is 0.994. The van der Waals surface area contributed by atoms with E-state index in [2.05, 4.69) is 39.0 Å². The smallest absolute Gasteiger partial charge is 0.0276 e. The maximum atomic E-state index is 2.39. The summed E-state index contributed by atoms with van der Waals surface area (Å²) < 4.78 is 0. The first-order chi connectivity index (χ1) is 10.2. The lowest BCUT2D eigenvalue weighted by molar-refractivity contribution is 0.249. The number of aryl methyl sites for hydroxylation is 3. The molecule has 118 valence electrons. The van der Waals surface area contributed by atoms with Crippen molar-refractivity contribution in [1.29, 1.82) is 0 Å². The van der Waals surface area contributed by atoms with E-state index in [0.717, 1.165) is 11.8 Å². The zero-order chi connectivity index (χ0) is 15.1. The summed E-state index contributed by atoms with van der Waals surface area (Å²) in [7, 11) is 0. The van der Waals surface area contributed by atoms with Crippen molar-refractivity contribution in [2.45, 2.75) is 85.0 Å². The lowest BCUT2D eigenvalue weighted by Gasteiger charge is -2.28. The summed E-state index contributed by atoms with van der Waals surface area (Å²) in [6.45, 7) is 6.75. The molecule has 0 heterocycles. The van der Waals surface area contributed by atoms with Crippen molar-refractivity contribution in [3.05, 3.63) is 34.9 Å². The van der Waals surface area contributed by atoms with Crippen LogP contribution in [0.4, 0.5) is 0 Å². The van der Waals surface area contributed by atoms with E-state index < -0.39 is 0 Å². The largest absolute Gasteiger partial charge is 0.0654 e. The summed E-state index contributed by atoms with van der Waals surface area (Å²) in [6, 6.07) is 7.01. The van der Waals surface area contributed by atoms with Crippen molar-refractivity contribution in [3.8, 4) is 0 Å². The van der Waals surface area contributed by atoms with Gasteiger partial charge in [-0.3, -0.25) is 0 Å². The summed E-state index contributed by atoms with van der Waals surface area (Å²) in [4.78, 5) is 0. The summed E-state index contributed by atoms with van der Waals surface area (Å²) in [5.41, 5.74) is 4.42. The van der Waals surface area contributed by atoms with Gasteiger partial charge < -0.3 is 0 Å². The van der Waals surface area contributed by atoms with Gasteiger partial charge in [0.2, 0.25) is 0 Å². The van der Waals surface area contributed by atoms with Gasteiger partial charge in [0.15, 0.2) is 0 Å². The van der Waals surface area contributed by atoms with Gasteiger partial charge in [-0.2, -0.15) is 0 Å². The lowest BCUT2D eigenvalue weighted by Crippen LogP contribution is -2.15. The van der Waals surface area contributed by atoms with Crippen molar-refractivity contribution < 1.29 is 0 Å². The van der Waals surface area contributed by atoms with Crippen LogP contribution in [-0.4, -0.2) is 0 Å². The lowest BCUT2D eigenvalue weighted by atomic mass is 9.77. The molecule has 0 aromatic heterocycles. The average Bonchev–Trinajstić information content (AvgIpc) is 2.50. The molecule has 1 fully saturated rings. The van der Waals surface area contributed by atoms with Crippen LogP contribution in [0.25, 0.3) is 0 Å². The molecule has 1 saturated carbocycles. The topological polar surface area (TPSA) is 0 Å². The third-order valence-corrected chi connectivity index (χ3v) is 5.59. The van der Waals surface area contributed by atoms with Gasteiger partial charge in [-0.15, -0.1) is 0 Å². The van der Waals surface area contributed by atoms with Crippen LogP contribution in [0.5, 0.6) is 0 Å². The molecular formula is C21H34. The van der Waals surface area contributed by atoms with Crippen LogP contribution in [0.1, 0.15) is 81.4 Å². The molecule has 2 rings (SSSR count). The molecule has 0 saturated heterocycles. The number of benzene rings is 1. The first-order valence-electron chi connectivity index (χ1n) is 9.25. The molecule has 1 aromatic carbocycles. The van der Waals surface area contributed by atoms with Crippen molar-refractivity contribution in [2.75, 3.05) is 0 Å². The Hall–Kier alpha value is -0.780. The molecular weight excluding hydrogens is 252 g/mol. The molecule has 0 atom stereocenters. The molecule has 1 aliphatic carbocycles. The Morgan fingerprint density at radius 3 is 2.14 bits per heavy atom. The Morgan fingerprint density at radius 1 is 0.857 bits per heavy atom. The van der Waals surface area contributed by atoms with Gasteiger partial charge in [-0.25, -0.2) is 0 Å². The molecule has 1 aliphatic rings. The highest BCUT2D eigenvalue weighted by Crippen LogP contribution is 2.34. The van der Waals surface area contributed by atoms with Crippen molar-refractivity contribution in [2.24, 2.45) is 11.8 Å². The zero-order valence-electron chi connectivity index (χ0n) is 14.5. The minimum Gasteiger partial charge on any atom is -0.0654 e. The molecule has 1 aromatic rings. The zero-order valence-corrected chi connectivity index (χ0v) is 14.5. The Labute approximate surface area is 132 Å². The fourth-order valence-electron chi connectivity index (χ4n) is 3.82. The van der Waals surface area contributed by atoms with Crippen LogP contribution >= 0.6 is 0 Å². The molecule has 0 nitrogen and oxygen atoms in total. The summed E-state index contributed by atoms with van der Waals surface area (Å²) >= 11 is 0. The predicted molar refractivity (Wildman–Crippen MR) is 93.8 cm³/mol. The maximum Gasteiger partial charge on any atom is -0.0276 e. The maximum absolute atomic E-state index is 2.39. The molecule has 0 N–H and O–H groups in total. The molecule has 0 radical (unpaired) electrons. The number of hydrogen-bond acceptors (Lipinski definition) is 0. The predicted octanol–water partition coefficient (Wildman–Crippen LogP) is 6.62. The van der Waals surface area contributed by atoms with E-state index in [4.69, 9.17) is 0 Å². The van der Waals surface area contributed by atoms with Gasteiger partial charge in [0.05, 0.1) is 0 Å².